The zero-order valence-corrected chi connectivity index (χ0v) is 18.8. The van der Waals surface area contributed by atoms with E-state index in [2.05, 4.69) is 5.32 Å². The summed E-state index contributed by atoms with van der Waals surface area (Å²) in [4.78, 5) is 38.9. The molecule has 0 bridgehead atoms. The van der Waals surface area contributed by atoms with Crippen molar-refractivity contribution in [2.75, 3.05) is 19.5 Å². The normalized spacial score (nSPS) is 12.5. The topological polar surface area (TPSA) is 90.9 Å². The third-order valence-electron chi connectivity index (χ3n) is 4.98. The highest BCUT2D eigenvalue weighted by molar-refractivity contribution is 6.30. The number of rotatable bonds is 7. The van der Waals surface area contributed by atoms with E-state index in [9.17, 15) is 14.4 Å². The van der Waals surface area contributed by atoms with E-state index >= 15 is 0 Å². The highest BCUT2D eigenvalue weighted by atomic mass is 35.5. The molecule has 3 aromatic carbocycles. The van der Waals surface area contributed by atoms with Crippen molar-refractivity contribution >= 4 is 45.7 Å². The van der Waals surface area contributed by atoms with Gasteiger partial charge in [-0.05, 0) is 60.2 Å². The number of Topliss-reactive ketones (excluding diaryl/α,β-unsaturated/α-hetero) is 1. The number of ether oxygens (including phenoxy) is 3. The summed E-state index contributed by atoms with van der Waals surface area (Å²) in [6.07, 6.45) is 0. The number of fused-ring (bicyclic) bond motifs is 1. The summed E-state index contributed by atoms with van der Waals surface area (Å²) in [6, 6.07) is 14.9. The van der Waals surface area contributed by atoms with Crippen molar-refractivity contribution in [1.82, 2.24) is 0 Å². The molecule has 0 aliphatic heterocycles. The number of benzene rings is 3. The van der Waals surface area contributed by atoms with Crippen LogP contribution in [0.2, 0.25) is 5.02 Å². The Hall–Kier alpha value is -3.58. The van der Waals surface area contributed by atoms with Gasteiger partial charge >= 0.3 is 5.97 Å². The van der Waals surface area contributed by atoms with Gasteiger partial charge in [-0.3, -0.25) is 14.4 Å². The van der Waals surface area contributed by atoms with E-state index in [1.165, 1.54) is 21.1 Å². The summed E-state index contributed by atoms with van der Waals surface area (Å²) in [5, 5.41) is 4.29. The zero-order valence-electron chi connectivity index (χ0n) is 18.0. The maximum absolute atomic E-state index is 13.6. The Morgan fingerprint density at radius 3 is 2.12 bits per heavy atom. The van der Waals surface area contributed by atoms with Crippen LogP contribution in [0.1, 0.15) is 19.4 Å². The lowest BCUT2D eigenvalue weighted by Crippen LogP contribution is -2.49. The second-order valence-electron chi connectivity index (χ2n) is 7.02. The molecule has 0 aliphatic carbocycles. The Morgan fingerprint density at radius 2 is 1.56 bits per heavy atom. The minimum Gasteiger partial charge on any atom is -0.497 e. The van der Waals surface area contributed by atoms with E-state index in [1.54, 1.807) is 54.6 Å². The van der Waals surface area contributed by atoms with Crippen LogP contribution in [-0.2, 0) is 24.7 Å². The molecule has 0 heterocycles. The first-order valence-electron chi connectivity index (χ1n) is 9.65. The number of anilines is 1. The van der Waals surface area contributed by atoms with Crippen LogP contribution in [0.5, 0.6) is 11.5 Å². The molecule has 1 atom stereocenters. The molecule has 0 radical (unpaired) electrons. The minimum atomic E-state index is -2.32. The largest absolute Gasteiger partial charge is 0.497 e. The number of ketones is 1. The maximum atomic E-state index is 13.6. The molecule has 0 unspecified atom stereocenters. The molecule has 0 aromatic heterocycles. The Morgan fingerprint density at radius 1 is 0.906 bits per heavy atom. The van der Waals surface area contributed by atoms with Gasteiger partial charge in [-0.25, -0.2) is 0 Å². The van der Waals surface area contributed by atoms with Crippen molar-refractivity contribution in [2.45, 2.75) is 19.4 Å². The summed E-state index contributed by atoms with van der Waals surface area (Å²) in [5.74, 6) is -1.67. The standard InChI is InChI=1S/C24H22ClNO6/c1-14(27)24(32-15(2)28,23(29)26-18-9-7-17(25)8-10-18)22-20-13-19(30-3)11-5-16(20)6-12-21(22)31-4/h5-13H,1-4H3,(H,26,29)/t24-/m1/s1. The second kappa shape index (κ2) is 9.28. The monoisotopic (exact) mass is 455 g/mol. The first kappa shape index (κ1) is 23.1. The summed E-state index contributed by atoms with van der Waals surface area (Å²) >= 11 is 5.92. The van der Waals surface area contributed by atoms with E-state index in [0.717, 1.165) is 6.92 Å². The van der Waals surface area contributed by atoms with E-state index in [1.807, 2.05) is 0 Å². The Balaban J connectivity index is 2.33. The van der Waals surface area contributed by atoms with Crippen LogP contribution < -0.4 is 14.8 Å². The van der Waals surface area contributed by atoms with E-state index in [-0.39, 0.29) is 11.3 Å². The van der Waals surface area contributed by atoms with Crippen LogP contribution in [0.25, 0.3) is 10.8 Å². The molecule has 32 heavy (non-hydrogen) atoms. The van der Waals surface area contributed by atoms with Crippen molar-refractivity contribution in [2.24, 2.45) is 0 Å². The molecule has 3 rings (SSSR count). The van der Waals surface area contributed by atoms with Crippen LogP contribution in [0.15, 0.2) is 54.6 Å². The number of nitrogens with one attached hydrogen (secondary N) is 1. The van der Waals surface area contributed by atoms with Gasteiger partial charge in [0.15, 0.2) is 5.78 Å². The van der Waals surface area contributed by atoms with Crippen LogP contribution in [0.4, 0.5) is 5.69 Å². The molecule has 0 saturated heterocycles. The number of amides is 1. The number of methoxy groups -OCH3 is 2. The fourth-order valence-corrected chi connectivity index (χ4v) is 3.65. The van der Waals surface area contributed by atoms with Crippen molar-refractivity contribution in [3.8, 4) is 11.5 Å². The van der Waals surface area contributed by atoms with Crippen molar-refractivity contribution < 1.29 is 28.6 Å². The number of carbonyl (C=O) groups is 3. The molecular weight excluding hydrogens is 434 g/mol. The van der Waals surface area contributed by atoms with Crippen LogP contribution in [-0.4, -0.2) is 31.9 Å². The van der Waals surface area contributed by atoms with Crippen molar-refractivity contribution in [1.29, 1.82) is 0 Å². The average molecular weight is 456 g/mol. The fraction of sp³-hybridized carbons (Fsp3) is 0.208. The lowest BCUT2D eigenvalue weighted by molar-refractivity contribution is -0.171. The molecular formula is C24H22ClNO6. The van der Waals surface area contributed by atoms with Gasteiger partial charge < -0.3 is 19.5 Å². The van der Waals surface area contributed by atoms with E-state index in [0.29, 0.717) is 27.2 Å². The second-order valence-corrected chi connectivity index (χ2v) is 7.46. The number of halogens is 1. The Kier molecular flexibility index (Phi) is 6.69. The molecule has 166 valence electrons. The van der Waals surface area contributed by atoms with Crippen LogP contribution in [0, 0.1) is 0 Å². The van der Waals surface area contributed by atoms with Gasteiger partial charge in [0.1, 0.15) is 11.5 Å². The zero-order chi connectivity index (χ0) is 23.5. The molecule has 1 N–H and O–H groups in total. The average Bonchev–Trinajstić information content (AvgIpc) is 2.77. The first-order valence-corrected chi connectivity index (χ1v) is 10.0. The smallest absolute Gasteiger partial charge is 0.304 e. The lowest BCUT2D eigenvalue weighted by atomic mass is 9.84. The summed E-state index contributed by atoms with van der Waals surface area (Å²) in [5.41, 5.74) is -1.84. The molecule has 1 amide bonds. The third kappa shape index (κ3) is 4.24. The molecule has 8 heteroatoms. The Bertz CT molecular complexity index is 1190. The fourth-order valence-electron chi connectivity index (χ4n) is 3.53. The van der Waals surface area contributed by atoms with Gasteiger partial charge in [0.25, 0.3) is 11.5 Å². The van der Waals surface area contributed by atoms with E-state index in [4.69, 9.17) is 25.8 Å². The number of hydrogen-bond donors (Lipinski definition) is 1. The van der Waals surface area contributed by atoms with Gasteiger partial charge in [0, 0.05) is 17.6 Å². The van der Waals surface area contributed by atoms with Gasteiger partial charge in [-0.15, -0.1) is 0 Å². The quantitative estimate of drug-likeness (QED) is 0.416. The third-order valence-corrected chi connectivity index (χ3v) is 5.23. The van der Waals surface area contributed by atoms with Crippen LogP contribution >= 0.6 is 11.6 Å². The lowest BCUT2D eigenvalue weighted by Gasteiger charge is -2.32. The van der Waals surface area contributed by atoms with Crippen LogP contribution in [0.3, 0.4) is 0 Å². The predicted molar refractivity (Wildman–Crippen MR) is 121 cm³/mol. The molecule has 0 aliphatic rings. The maximum Gasteiger partial charge on any atom is 0.304 e. The van der Waals surface area contributed by atoms with Gasteiger partial charge in [-0.1, -0.05) is 23.7 Å². The number of esters is 1. The van der Waals surface area contributed by atoms with Gasteiger partial charge in [-0.2, -0.15) is 0 Å². The molecule has 3 aromatic rings. The minimum absolute atomic E-state index is 0.102. The highest BCUT2D eigenvalue weighted by Gasteiger charge is 2.51. The molecule has 0 fully saturated rings. The van der Waals surface area contributed by atoms with Gasteiger partial charge in [0.2, 0.25) is 0 Å². The van der Waals surface area contributed by atoms with E-state index < -0.39 is 23.3 Å². The number of carbonyl (C=O) groups excluding carboxylic acids is 3. The number of hydrogen-bond acceptors (Lipinski definition) is 6. The SMILES string of the molecule is COc1ccc2ccc(OC)c([C@](OC(C)=O)(C(C)=O)C(=O)Nc3ccc(Cl)cc3)c2c1. The highest BCUT2D eigenvalue weighted by Crippen LogP contribution is 2.42. The predicted octanol–water partition coefficient (Wildman–Crippen LogP) is 4.50. The first-order chi connectivity index (χ1) is 15.2. The molecule has 0 spiro atoms. The molecule has 7 nitrogen and oxygen atoms in total. The molecule has 0 saturated carbocycles. The van der Waals surface area contributed by atoms with Crippen molar-refractivity contribution in [3.05, 3.63) is 65.2 Å². The summed E-state index contributed by atoms with van der Waals surface area (Å²) in [6.45, 7) is 2.31. The summed E-state index contributed by atoms with van der Waals surface area (Å²) in [7, 11) is 2.90. The van der Waals surface area contributed by atoms with Gasteiger partial charge in [0.05, 0.1) is 19.8 Å². The Labute approximate surface area is 190 Å². The van der Waals surface area contributed by atoms with Crippen molar-refractivity contribution in [3.63, 3.8) is 0 Å². The summed E-state index contributed by atoms with van der Waals surface area (Å²) < 4.78 is 16.3.